The summed E-state index contributed by atoms with van der Waals surface area (Å²) >= 11 is 3.72. The molecule has 0 fully saturated rings. The number of para-hydroxylation sites is 3. The van der Waals surface area contributed by atoms with Gasteiger partial charge in [0.25, 0.3) is 0 Å². The SMILES string of the molecule is c1ccc(-c2ccccc2-n2c3ccccc3c3ccccc32)c(-c2ccc(N(c3ccc4sc5ccccc5c4c3)c3ccc4sc5ccccc5c4c3)cc2)c1. The first-order chi connectivity index (χ1) is 28.8. The van der Waals surface area contributed by atoms with Gasteiger partial charge in [-0.3, -0.25) is 0 Å². The second-order valence-corrected chi connectivity index (χ2v) is 17.0. The highest BCUT2D eigenvalue weighted by atomic mass is 32.1. The van der Waals surface area contributed by atoms with E-state index in [0.29, 0.717) is 0 Å². The van der Waals surface area contributed by atoms with E-state index >= 15 is 0 Å². The lowest BCUT2D eigenvalue weighted by Gasteiger charge is -2.26. The molecular weight excluding hydrogens is 741 g/mol. The van der Waals surface area contributed by atoms with E-state index in [9.17, 15) is 0 Å². The molecule has 0 amide bonds. The van der Waals surface area contributed by atoms with E-state index in [-0.39, 0.29) is 0 Å². The number of rotatable bonds is 6. The monoisotopic (exact) mass is 774 g/mol. The van der Waals surface area contributed by atoms with Crippen LogP contribution >= 0.6 is 22.7 Å². The van der Waals surface area contributed by atoms with Crippen LogP contribution in [0.4, 0.5) is 17.1 Å². The van der Waals surface area contributed by atoms with Gasteiger partial charge in [0.05, 0.1) is 16.7 Å². The molecule has 4 heteroatoms. The molecule has 0 radical (unpaired) electrons. The Morgan fingerprint density at radius 3 is 1.33 bits per heavy atom. The number of hydrogen-bond acceptors (Lipinski definition) is 3. The van der Waals surface area contributed by atoms with Crippen LogP contribution in [0.5, 0.6) is 0 Å². The van der Waals surface area contributed by atoms with Crippen molar-refractivity contribution in [3.8, 4) is 27.9 Å². The van der Waals surface area contributed by atoms with Gasteiger partial charge in [0.2, 0.25) is 0 Å². The third-order valence-electron chi connectivity index (χ3n) is 11.6. The van der Waals surface area contributed by atoms with E-state index in [1.807, 2.05) is 22.7 Å². The second-order valence-electron chi connectivity index (χ2n) is 14.9. The number of nitrogens with zero attached hydrogens (tertiary/aromatic N) is 2. The first kappa shape index (κ1) is 33.2. The van der Waals surface area contributed by atoms with Crippen molar-refractivity contribution in [1.82, 2.24) is 4.57 Å². The lowest BCUT2D eigenvalue weighted by atomic mass is 9.93. The minimum atomic E-state index is 1.12. The van der Waals surface area contributed by atoms with Gasteiger partial charge in [0.15, 0.2) is 0 Å². The van der Waals surface area contributed by atoms with Gasteiger partial charge in [0.1, 0.15) is 0 Å². The molecule has 0 spiro atoms. The van der Waals surface area contributed by atoms with Crippen LogP contribution < -0.4 is 4.90 Å². The normalized spacial score (nSPS) is 11.8. The average Bonchev–Trinajstić information content (AvgIpc) is 3.96. The van der Waals surface area contributed by atoms with Crippen LogP contribution in [-0.4, -0.2) is 4.57 Å². The molecule has 2 nitrogen and oxygen atoms in total. The summed E-state index contributed by atoms with van der Waals surface area (Å²) in [7, 11) is 0. The smallest absolute Gasteiger partial charge is 0.0541 e. The van der Waals surface area contributed by atoms with Crippen molar-refractivity contribution >= 4 is 102 Å². The quantitative estimate of drug-likeness (QED) is 0.163. The van der Waals surface area contributed by atoms with E-state index in [0.717, 1.165) is 17.1 Å². The highest BCUT2D eigenvalue weighted by Gasteiger charge is 2.20. The molecule has 3 heterocycles. The molecule has 12 rings (SSSR count). The molecular formula is C54H34N2S2. The van der Waals surface area contributed by atoms with Gasteiger partial charge >= 0.3 is 0 Å². The topological polar surface area (TPSA) is 8.17 Å². The predicted octanol–water partition coefficient (Wildman–Crippen LogP) is 16.3. The molecule has 0 bridgehead atoms. The largest absolute Gasteiger partial charge is 0.310 e. The molecule has 12 aromatic rings. The van der Waals surface area contributed by atoms with Crippen LogP contribution in [0, 0.1) is 0 Å². The summed E-state index contributed by atoms with van der Waals surface area (Å²) in [5.74, 6) is 0. The van der Waals surface area contributed by atoms with Gasteiger partial charge in [-0.25, -0.2) is 0 Å². The molecule has 0 N–H and O–H groups in total. The first-order valence-corrected chi connectivity index (χ1v) is 21.3. The third kappa shape index (κ3) is 5.23. The second kappa shape index (κ2) is 13.3. The van der Waals surface area contributed by atoms with E-state index < -0.39 is 0 Å². The van der Waals surface area contributed by atoms with Crippen LogP contribution in [0.2, 0.25) is 0 Å². The van der Waals surface area contributed by atoms with Crippen molar-refractivity contribution in [2.75, 3.05) is 4.90 Å². The molecule has 0 unspecified atom stereocenters. The molecule has 58 heavy (non-hydrogen) atoms. The number of thiophene rings is 2. The molecule has 9 aromatic carbocycles. The molecule has 0 aliphatic rings. The standard InChI is InChI=1S/C54H34N2S2/c1-2-14-40(41-15-3-8-20-48(41)56-49-21-9-4-16-42(49)43-17-5-10-22-50(43)56)39(13-1)35-25-27-36(28-26-35)55(37-29-31-53-46(33-37)44-18-6-11-23-51(44)57-53)38-30-32-54-47(34-38)45-19-7-12-24-52(45)58-54/h1-34H. The maximum Gasteiger partial charge on any atom is 0.0541 e. The van der Waals surface area contributed by atoms with Crippen molar-refractivity contribution in [3.05, 3.63) is 206 Å². The van der Waals surface area contributed by atoms with E-state index in [2.05, 4.69) is 216 Å². The number of anilines is 3. The summed E-state index contributed by atoms with van der Waals surface area (Å²) < 4.78 is 7.67. The lowest BCUT2D eigenvalue weighted by molar-refractivity contribution is 1.18. The zero-order valence-electron chi connectivity index (χ0n) is 31.3. The summed E-state index contributed by atoms with van der Waals surface area (Å²) in [5.41, 5.74) is 11.8. The Kier molecular flexibility index (Phi) is 7.62. The first-order valence-electron chi connectivity index (χ1n) is 19.7. The molecule has 0 atom stereocenters. The number of hydrogen-bond donors (Lipinski definition) is 0. The van der Waals surface area contributed by atoms with Crippen molar-refractivity contribution in [1.29, 1.82) is 0 Å². The van der Waals surface area contributed by atoms with Gasteiger partial charge < -0.3 is 9.47 Å². The van der Waals surface area contributed by atoms with E-state index in [4.69, 9.17) is 0 Å². The molecule has 272 valence electrons. The maximum absolute atomic E-state index is 2.43. The Balaban J connectivity index is 1.01. The molecule has 0 saturated heterocycles. The van der Waals surface area contributed by atoms with Crippen LogP contribution in [-0.2, 0) is 0 Å². The summed E-state index contributed by atoms with van der Waals surface area (Å²) in [5, 5.41) is 7.71. The Morgan fingerprint density at radius 1 is 0.310 bits per heavy atom. The lowest BCUT2D eigenvalue weighted by Crippen LogP contribution is -2.09. The van der Waals surface area contributed by atoms with Gasteiger partial charge in [-0.05, 0) is 95.6 Å². The van der Waals surface area contributed by atoms with Gasteiger partial charge in [0, 0.05) is 73.7 Å². The molecule has 0 saturated carbocycles. The number of benzene rings is 9. The van der Waals surface area contributed by atoms with Crippen LogP contribution in [0.1, 0.15) is 0 Å². The Bertz CT molecular complexity index is 3360. The van der Waals surface area contributed by atoms with Crippen molar-refractivity contribution < 1.29 is 0 Å². The highest BCUT2D eigenvalue weighted by molar-refractivity contribution is 7.26. The number of aromatic nitrogens is 1. The maximum atomic E-state index is 2.43. The summed E-state index contributed by atoms with van der Waals surface area (Å²) in [4.78, 5) is 2.42. The van der Waals surface area contributed by atoms with Gasteiger partial charge in [-0.1, -0.05) is 127 Å². The third-order valence-corrected chi connectivity index (χ3v) is 13.9. The molecule has 0 aliphatic carbocycles. The Labute approximate surface area is 343 Å². The average molecular weight is 775 g/mol. The fourth-order valence-corrected chi connectivity index (χ4v) is 11.2. The van der Waals surface area contributed by atoms with Crippen molar-refractivity contribution in [2.24, 2.45) is 0 Å². The highest BCUT2D eigenvalue weighted by Crippen LogP contribution is 2.45. The van der Waals surface area contributed by atoms with Crippen molar-refractivity contribution in [3.63, 3.8) is 0 Å². The minimum absolute atomic E-state index is 1.12. The summed E-state index contributed by atoms with van der Waals surface area (Å²) in [6, 6.07) is 75.7. The predicted molar refractivity (Wildman–Crippen MR) is 252 cm³/mol. The van der Waals surface area contributed by atoms with E-state index in [1.54, 1.807) is 0 Å². The summed E-state index contributed by atoms with van der Waals surface area (Å²) in [6.07, 6.45) is 0. The zero-order valence-corrected chi connectivity index (χ0v) is 33.0. The summed E-state index contributed by atoms with van der Waals surface area (Å²) in [6.45, 7) is 0. The van der Waals surface area contributed by atoms with Crippen LogP contribution in [0.25, 0.3) is 90.1 Å². The van der Waals surface area contributed by atoms with Crippen molar-refractivity contribution in [2.45, 2.75) is 0 Å². The molecule has 0 aliphatic heterocycles. The van der Waals surface area contributed by atoms with Gasteiger partial charge in [-0.2, -0.15) is 0 Å². The van der Waals surface area contributed by atoms with Crippen LogP contribution in [0.15, 0.2) is 206 Å². The zero-order chi connectivity index (χ0) is 38.2. The fraction of sp³-hybridized carbons (Fsp3) is 0. The fourth-order valence-electron chi connectivity index (χ4n) is 8.99. The Hall–Kier alpha value is -6.98. The number of fused-ring (bicyclic) bond motifs is 9. The van der Waals surface area contributed by atoms with Crippen LogP contribution in [0.3, 0.4) is 0 Å². The van der Waals surface area contributed by atoms with E-state index in [1.165, 1.54) is 90.1 Å². The van der Waals surface area contributed by atoms with Gasteiger partial charge in [-0.15, -0.1) is 22.7 Å². The minimum Gasteiger partial charge on any atom is -0.310 e. The molecule has 3 aromatic heterocycles. The Morgan fingerprint density at radius 2 is 0.741 bits per heavy atom.